The average molecular weight is 477 g/mol. The van der Waals surface area contributed by atoms with Crippen molar-refractivity contribution in [1.29, 1.82) is 0 Å². The zero-order valence-corrected chi connectivity index (χ0v) is 19.7. The second-order valence-corrected chi connectivity index (χ2v) is 8.47. The molecule has 0 aromatic heterocycles. The molecule has 0 saturated heterocycles. The minimum atomic E-state index is -0.770. The Kier molecular flexibility index (Phi) is 8.41. The lowest BCUT2D eigenvalue weighted by Gasteiger charge is -2.30. The molecule has 1 heterocycles. The maximum atomic E-state index is 13.8. The van der Waals surface area contributed by atoms with Gasteiger partial charge in [0.05, 0.1) is 17.4 Å². The molecule has 0 bridgehead atoms. The SMILES string of the molecule is CO[C@H]1CN(C)C(=O)c2ccc(NC(=O)Nc3cc(F)ccc3F)cc2OC[C@@H](C)NC[C@@H]1C. The van der Waals surface area contributed by atoms with Crippen molar-refractivity contribution in [1.82, 2.24) is 10.2 Å². The van der Waals surface area contributed by atoms with E-state index >= 15 is 0 Å². The molecule has 184 valence electrons. The molecular weight excluding hydrogens is 446 g/mol. The van der Waals surface area contributed by atoms with Gasteiger partial charge < -0.3 is 30.3 Å². The zero-order valence-electron chi connectivity index (χ0n) is 19.7. The van der Waals surface area contributed by atoms with Crippen molar-refractivity contribution >= 4 is 23.3 Å². The minimum absolute atomic E-state index is 0.00377. The first-order valence-corrected chi connectivity index (χ1v) is 11.0. The smallest absolute Gasteiger partial charge is 0.323 e. The molecule has 3 amide bonds. The van der Waals surface area contributed by atoms with Gasteiger partial charge in [-0.3, -0.25) is 4.79 Å². The average Bonchev–Trinajstić information content (AvgIpc) is 2.80. The van der Waals surface area contributed by atoms with E-state index in [1.54, 1.807) is 31.2 Å². The van der Waals surface area contributed by atoms with Gasteiger partial charge in [-0.15, -0.1) is 0 Å². The molecule has 1 aliphatic heterocycles. The van der Waals surface area contributed by atoms with Gasteiger partial charge in [0.25, 0.3) is 5.91 Å². The van der Waals surface area contributed by atoms with Crippen LogP contribution in [0, 0.1) is 17.6 Å². The predicted octanol–water partition coefficient (Wildman–Crippen LogP) is 3.70. The number of amides is 3. The highest BCUT2D eigenvalue weighted by atomic mass is 19.1. The van der Waals surface area contributed by atoms with Gasteiger partial charge in [-0.2, -0.15) is 0 Å². The maximum absolute atomic E-state index is 13.8. The van der Waals surface area contributed by atoms with E-state index in [-0.39, 0.29) is 29.7 Å². The number of ether oxygens (including phenoxy) is 2. The number of benzene rings is 2. The van der Waals surface area contributed by atoms with Crippen LogP contribution in [0.1, 0.15) is 24.2 Å². The van der Waals surface area contributed by atoms with Crippen molar-refractivity contribution in [2.24, 2.45) is 5.92 Å². The van der Waals surface area contributed by atoms with Crippen LogP contribution < -0.4 is 20.7 Å². The summed E-state index contributed by atoms with van der Waals surface area (Å²) in [7, 11) is 3.32. The molecule has 8 nitrogen and oxygen atoms in total. The zero-order chi connectivity index (χ0) is 24.8. The number of hydrogen-bond donors (Lipinski definition) is 3. The van der Waals surface area contributed by atoms with Crippen molar-refractivity contribution in [2.75, 3.05) is 44.5 Å². The number of hydrogen-bond acceptors (Lipinski definition) is 5. The Bertz CT molecular complexity index is 1040. The van der Waals surface area contributed by atoms with E-state index in [4.69, 9.17) is 9.47 Å². The Labute approximate surface area is 197 Å². The molecule has 2 aromatic rings. The molecule has 3 atom stereocenters. The van der Waals surface area contributed by atoms with Crippen molar-refractivity contribution in [3.63, 3.8) is 0 Å². The number of urea groups is 1. The van der Waals surface area contributed by atoms with Gasteiger partial charge in [-0.25, -0.2) is 13.6 Å². The monoisotopic (exact) mass is 476 g/mol. The normalized spacial score (nSPS) is 21.5. The van der Waals surface area contributed by atoms with Crippen LogP contribution in [0.4, 0.5) is 25.0 Å². The first-order valence-electron chi connectivity index (χ1n) is 11.0. The number of nitrogens with zero attached hydrogens (tertiary/aromatic N) is 1. The van der Waals surface area contributed by atoms with E-state index in [2.05, 4.69) is 22.9 Å². The van der Waals surface area contributed by atoms with Gasteiger partial charge in [0.15, 0.2) is 0 Å². The van der Waals surface area contributed by atoms with Crippen LogP contribution in [0.3, 0.4) is 0 Å². The Balaban J connectivity index is 1.82. The van der Waals surface area contributed by atoms with Crippen molar-refractivity contribution in [3.8, 4) is 5.75 Å². The quantitative estimate of drug-likeness (QED) is 0.628. The van der Waals surface area contributed by atoms with Crippen molar-refractivity contribution in [3.05, 3.63) is 53.6 Å². The van der Waals surface area contributed by atoms with Crippen LogP contribution in [0.2, 0.25) is 0 Å². The van der Waals surface area contributed by atoms with Crippen LogP contribution in [-0.4, -0.2) is 62.8 Å². The predicted molar refractivity (Wildman–Crippen MR) is 125 cm³/mol. The summed E-state index contributed by atoms with van der Waals surface area (Å²) in [5.74, 6) is -1.22. The molecule has 0 unspecified atom stereocenters. The second kappa shape index (κ2) is 11.3. The van der Waals surface area contributed by atoms with Gasteiger partial charge in [0, 0.05) is 51.1 Å². The molecule has 0 fully saturated rings. The number of carbonyl (C=O) groups is 2. The Morgan fingerprint density at radius 2 is 1.94 bits per heavy atom. The molecule has 0 aliphatic carbocycles. The molecule has 1 aliphatic rings. The van der Waals surface area contributed by atoms with Crippen LogP contribution in [-0.2, 0) is 4.74 Å². The molecule has 10 heteroatoms. The number of halogens is 2. The number of carbonyl (C=O) groups excluding carboxylic acids is 2. The highest BCUT2D eigenvalue weighted by Crippen LogP contribution is 2.26. The number of nitrogens with one attached hydrogen (secondary N) is 3. The lowest BCUT2D eigenvalue weighted by atomic mass is 10.0. The van der Waals surface area contributed by atoms with E-state index < -0.39 is 17.7 Å². The largest absolute Gasteiger partial charge is 0.491 e. The highest BCUT2D eigenvalue weighted by Gasteiger charge is 2.25. The Hall–Kier alpha value is -3.24. The van der Waals surface area contributed by atoms with Gasteiger partial charge in [-0.1, -0.05) is 6.92 Å². The summed E-state index contributed by atoms with van der Waals surface area (Å²) in [6, 6.07) is 6.61. The first kappa shape index (κ1) is 25.4. The molecule has 0 radical (unpaired) electrons. The minimum Gasteiger partial charge on any atom is -0.491 e. The summed E-state index contributed by atoms with van der Waals surface area (Å²) in [6.45, 7) is 5.41. The highest BCUT2D eigenvalue weighted by molar-refractivity contribution is 6.01. The fourth-order valence-corrected chi connectivity index (χ4v) is 3.61. The number of likely N-dealkylation sites (N-methyl/N-ethyl adjacent to an activating group) is 1. The Morgan fingerprint density at radius 3 is 2.68 bits per heavy atom. The van der Waals surface area contributed by atoms with Gasteiger partial charge in [0.2, 0.25) is 0 Å². The first-order chi connectivity index (χ1) is 16.2. The molecule has 3 N–H and O–H groups in total. The molecule has 3 rings (SSSR count). The summed E-state index contributed by atoms with van der Waals surface area (Å²) < 4.78 is 38.7. The number of methoxy groups -OCH3 is 1. The van der Waals surface area contributed by atoms with E-state index in [1.807, 2.05) is 6.92 Å². The fourth-order valence-electron chi connectivity index (χ4n) is 3.61. The van der Waals surface area contributed by atoms with E-state index in [0.717, 1.165) is 18.2 Å². The molecule has 0 saturated carbocycles. The van der Waals surface area contributed by atoms with Crippen LogP contribution in [0.5, 0.6) is 5.75 Å². The van der Waals surface area contributed by atoms with Gasteiger partial charge >= 0.3 is 6.03 Å². The van der Waals surface area contributed by atoms with Crippen molar-refractivity contribution < 1.29 is 27.8 Å². The number of rotatable bonds is 3. The third kappa shape index (κ3) is 6.42. The summed E-state index contributed by atoms with van der Waals surface area (Å²) in [4.78, 5) is 27.1. The molecule has 0 spiro atoms. The van der Waals surface area contributed by atoms with Crippen LogP contribution in [0.15, 0.2) is 36.4 Å². The third-order valence-electron chi connectivity index (χ3n) is 5.66. The molecule has 2 aromatic carbocycles. The Morgan fingerprint density at radius 1 is 1.18 bits per heavy atom. The number of fused-ring (bicyclic) bond motifs is 1. The lowest BCUT2D eigenvalue weighted by Crippen LogP contribution is -2.44. The summed E-state index contributed by atoms with van der Waals surface area (Å²) in [5, 5.41) is 8.22. The maximum Gasteiger partial charge on any atom is 0.323 e. The standard InChI is InChI=1S/C24H30F2N4O4/c1-14-11-27-15(2)13-34-21-10-17(6-7-18(21)23(31)30(3)12-22(14)33-4)28-24(32)29-20-9-16(25)5-8-19(20)26/h5-10,14-15,22,27H,11-13H2,1-4H3,(H2,28,29,32)/t14-,15+,22-/m0/s1. The van der Waals surface area contributed by atoms with Gasteiger partial charge in [0.1, 0.15) is 24.0 Å². The summed E-state index contributed by atoms with van der Waals surface area (Å²) in [6.07, 6.45) is -0.148. The fraction of sp³-hybridized carbons (Fsp3) is 0.417. The number of anilines is 2. The van der Waals surface area contributed by atoms with Crippen molar-refractivity contribution in [2.45, 2.75) is 26.0 Å². The van der Waals surface area contributed by atoms with E-state index in [0.29, 0.717) is 36.7 Å². The summed E-state index contributed by atoms with van der Waals surface area (Å²) in [5.41, 5.74) is 0.359. The topological polar surface area (TPSA) is 91.9 Å². The molecular formula is C24H30F2N4O4. The third-order valence-corrected chi connectivity index (χ3v) is 5.66. The van der Waals surface area contributed by atoms with Gasteiger partial charge in [-0.05, 0) is 37.1 Å². The molecule has 34 heavy (non-hydrogen) atoms. The van der Waals surface area contributed by atoms with E-state index in [1.165, 1.54) is 6.07 Å². The second-order valence-electron chi connectivity index (χ2n) is 8.47. The van der Waals surface area contributed by atoms with E-state index in [9.17, 15) is 18.4 Å². The van der Waals surface area contributed by atoms with Crippen LogP contribution >= 0.6 is 0 Å². The summed E-state index contributed by atoms with van der Waals surface area (Å²) >= 11 is 0. The lowest BCUT2D eigenvalue weighted by molar-refractivity contribution is 0.0281. The van der Waals surface area contributed by atoms with Crippen LogP contribution in [0.25, 0.3) is 0 Å².